The van der Waals surface area contributed by atoms with Gasteiger partial charge in [-0.15, -0.1) is 0 Å². The van der Waals surface area contributed by atoms with E-state index in [-0.39, 0.29) is 5.82 Å². The molecule has 0 bridgehead atoms. The Balaban J connectivity index is 2.57. The van der Waals surface area contributed by atoms with Crippen LogP contribution < -0.4 is 10.6 Å². The molecule has 5 nitrogen and oxygen atoms in total. The first kappa shape index (κ1) is 11.6. The number of nitrogens with one attached hydrogen (secondary N) is 2. The zero-order chi connectivity index (χ0) is 11.3. The van der Waals surface area contributed by atoms with E-state index in [0.29, 0.717) is 5.82 Å². The lowest BCUT2D eigenvalue weighted by Gasteiger charge is -2.14. The van der Waals surface area contributed by atoms with Crippen LogP contribution in [-0.2, 0) is 0 Å². The van der Waals surface area contributed by atoms with E-state index in [2.05, 4.69) is 20.6 Å². The monoisotopic (exact) mass is 218 g/mol. The molecule has 0 aliphatic carbocycles. The summed E-state index contributed by atoms with van der Waals surface area (Å²) < 4.78 is 25.3. The third-order valence-electron chi connectivity index (χ3n) is 1.68. The van der Waals surface area contributed by atoms with Crippen LogP contribution in [0.15, 0.2) is 12.4 Å². The summed E-state index contributed by atoms with van der Waals surface area (Å²) in [4.78, 5) is 7.57. The third-order valence-corrected chi connectivity index (χ3v) is 1.68. The van der Waals surface area contributed by atoms with E-state index in [0.717, 1.165) is 0 Å². The highest BCUT2D eigenvalue weighted by Gasteiger charge is 2.27. The van der Waals surface area contributed by atoms with Gasteiger partial charge in [0.25, 0.3) is 5.92 Å². The molecule has 0 saturated heterocycles. The molecule has 0 spiro atoms. The fraction of sp³-hybridized carbons (Fsp3) is 0.500. The fourth-order valence-electron chi connectivity index (χ4n) is 0.866. The molecule has 0 fully saturated rings. The molecule has 1 aromatic rings. The van der Waals surface area contributed by atoms with Crippen molar-refractivity contribution in [1.82, 2.24) is 9.97 Å². The first-order valence-electron chi connectivity index (χ1n) is 4.30. The Bertz CT molecular complexity index is 321. The van der Waals surface area contributed by atoms with Gasteiger partial charge in [-0.25, -0.2) is 18.7 Å². The molecule has 1 heterocycles. The number of aromatic nitrogens is 2. The van der Waals surface area contributed by atoms with Gasteiger partial charge in [-0.3, -0.25) is 0 Å². The first-order chi connectivity index (χ1) is 7.07. The minimum absolute atomic E-state index is 0.280. The number of alkyl halides is 2. The van der Waals surface area contributed by atoms with E-state index in [9.17, 15) is 8.78 Å². The molecule has 15 heavy (non-hydrogen) atoms. The predicted molar refractivity (Wildman–Crippen MR) is 52.1 cm³/mol. The highest BCUT2D eigenvalue weighted by molar-refractivity contribution is 5.45. The van der Waals surface area contributed by atoms with Gasteiger partial charge in [0.2, 0.25) is 0 Å². The van der Waals surface area contributed by atoms with Gasteiger partial charge in [-0.05, 0) is 0 Å². The zero-order valence-corrected chi connectivity index (χ0v) is 8.17. The quantitative estimate of drug-likeness (QED) is 0.673. The number of hydrogen-bond donors (Lipinski definition) is 3. The van der Waals surface area contributed by atoms with Gasteiger partial charge in [0.05, 0.1) is 6.54 Å². The van der Waals surface area contributed by atoms with Crippen molar-refractivity contribution in [2.24, 2.45) is 0 Å². The van der Waals surface area contributed by atoms with E-state index in [1.165, 1.54) is 12.4 Å². The van der Waals surface area contributed by atoms with Crippen LogP contribution in [0.3, 0.4) is 0 Å². The maximum Gasteiger partial charge on any atom is 0.287 e. The number of nitrogens with zero attached hydrogens (tertiary/aromatic N) is 2. The predicted octanol–water partition coefficient (Wildman–Crippen LogP) is 0.558. The highest BCUT2D eigenvalue weighted by atomic mass is 19.3. The van der Waals surface area contributed by atoms with Crippen LogP contribution in [-0.4, -0.2) is 41.2 Å². The SMILES string of the molecule is CNc1cc(NCC(F)(F)CO)ncn1. The fourth-order valence-corrected chi connectivity index (χ4v) is 0.866. The molecule has 1 aromatic heterocycles. The van der Waals surface area contributed by atoms with Crippen LogP contribution >= 0.6 is 0 Å². The molecule has 0 aliphatic rings. The van der Waals surface area contributed by atoms with E-state index in [1.807, 2.05) is 0 Å². The minimum Gasteiger partial charge on any atom is -0.390 e. The molecule has 1 rings (SSSR count). The lowest BCUT2D eigenvalue weighted by Crippen LogP contribution is -2.31. The topological polar surface area (TPSA) is 70.1 Å². The lowest BCUT2D eigenvalue weighted by atomic mass is 10.3. The van der Waals surface area contributed by atoms with Crippen molar-refractivity contribution >= 4 is 11.6 Å². The van der Waals surface area contributed by atoms with E-state index < -0.39 is 19.1 Å². The smallest absolute Gasteiger partial charge is 0.287 e. The average molecular weight is 218 g/mol. The molecule has 0 radical (unpaired) electrons. The second-order valence-electron chi connectivity index (χ2n) is 2.91. The summed E-state index contributed by atoms with van der Waals surface area (Å²) in [5.74, 6) is -2.34. The molecule has 0 unspecified atom stereocenters. The second-order valence-corrected chi connectivity index (χ2v) is 2.91. The van der Waals surface area contributed by atoms with Crippen molar-refractivity contribution in [1.29, 1.82) is 0 Å². The Kier molecular flexibility index (Phi) is 3.73. The molecule has 0 amide bonds. The van der Waals surface area contributed by atoms with Crippen molar-refractivity contribution in [2.45, 2.75) is 5.92 Å². The van der Waals surface area contributed by atoms with Crippen LogP contribution in [0.5, 0.6) is 0 Å². The van der Waals surface area contributed by atoms with Crippen molar-refractivity contribution in [2.75, 3.05) is 30.8 Å². The Morgan fingerprint density at radius 3 is 2.67 bits per heavy atom. The molecule has 0 saturated carbocycles. The van der Waals surface area contributed by atoms with Gasteiger partial charge >= 0.3 is 0 Å². The van der Waals surface area contributed by atoms with Crippen LogP contribution in [0.2, 0.25) is 0 Å². The number of rotatable bonds is 5. The standard InChI is InChI=1S/C8H12F2N4O/c1-11-6-2-7(14-5-13-6)12-3-8(9,10)4-15/h2,5,15H,3-4H2,1H3,(H2,11,12,13,14). The summed E-state index contributed by atoms with van der Waals surface area (Å²) in [6.45, 7) is -1.85. The average Bonchev–Trinajstić information content (AvgIpc) is 2.27. The zero-order valence-electron chi connectivity index (χ0n) is 8.17. The molecule has 0 aromatic carbocycles. The summed E-state index contributed by atoms with van der Waals surface area (Å²) in [6, 6.07) is 1.49. The molecular formula is C8H12F2N4O. The molecule has 0 atom stereocenters. The Labute approximate surface area is 85.6 Å². The van der Waals surface area contributed by atoms with Crippen LogP contribution in [0, 0.1) is 0 Å². The maximum atomic E-state index is 12.6. The summed E-state index contributed by atoms with van der Waals surface area (Å²) in [5.41, 5.74) is 0. The van der Waals surface area contributed by atoms with Gasteiger partial charge in [-0.2, -0.15) is 0 Å². The second kappa shape index (κ2) is 4.83. The van der Waals surface area contributed by atoms with E-state index in [1.54, 1.807) is 7.05 Å². The molecule has 0 aliphatic heterocycles. The van der Waals surface area contributed by atoms with Crippen LogP contribution in [0.1, 0.15) is 0 Å². The van der Waals surface area contributed by atoms with Gasteiger partial charge < -0.3 is 15.7 Å². The number of hydrogen-bond acceptors (Lipinski definition) is 5. The van der Waals surface area contributed by atoms with E-state index in [4.69, 9.17) is 5.11 Å². The summed E-state index contributed by atoms with van der Waals surface area (Å²) in [5, 5.41) is 13.5. The Hall–Kier alpha value is -1.50. The molecule has 3 N–H and O–H groups in total. The number of anilines is 2. The Morgan fingerprint density at radius 1 is 1.40 bits per heavy atom. The largest absolute Gasteiger partial charge is 0.390 e. The first-order valence-corrected chi connectivity index (χ1v) is 4.30. The van der Waals surface area contributed by atoms with Crippen molar-refractivity contribution in [3.8, 4) is 0 Å². The van der Waals surface area contributed by atoms with E-state index >= 15 is 0 Å². The number of aliphatic hydroxyl groups is 1. The molecular weight excluding hydrogens is 206 g/mol. The lowest BCUT2D eigenvalue weighted by molar-refractivity contribution is -0.0373. The Morgan fingerprint density at radius 2 is 2.07 bits per heavy atom. The third kappa shape index (κ3) is 3.62. The molecule has 7 heteroatoms. The van der Waals surface area contributed by atoms with Gasteiger partial charge in [0.15, 0.2) is 0 Å². The molecule has 84 valence electrons. The number of aliphatic hydroxyl groups excluding tert-OH is 1. The van der Waals surface area contributed by atoms with Crippen molar-refractivity contribution in [3.05, 3.63) is 12.4 Å². The van der Waals surface area contributed by atoms with Crippen molar-refractivity contribution < 1.29 is 13.9 Å². The summed E-state index contributed by atoms with van der Waals surface area (Å²) in [7, 11) is 1.66. The van der Waals surface area contributed by atoms with Gasteiger partial charge in [-0.1, -0.05) is 0 Å². The maximum absolute atomic E-state index is 12.6. The summed E-state index contributed by atoms with van der Waals surface area (Å²) >= 11 is 0. The normalized spacial score (nSPS) is 11.2. The van der Waals surface area contributed by atoms with Crippen LogP contribution in [0.25, 0.3) is 0 Å². The van der Waals surface area contributed by atoms with Gasteiger partial charge in [0.1, 0.15) is 24.6 Å². The van der Waals surface area contributed by atoms with Crippen LogP contribution in [0.4, 0.5) is 20.4 Å². The summed E-state index contributed by atoms with van der Waals surface area (Å²) in [6.07, 6.45) is 1.26. The highest BCUT2D eigenvalue weighted by Crippen LogP contribution is 2.14. The number of halogens is 2. The minimum atomic E-state index is -3.15. The van der Waals surface area contributed by atoms with Crippen molar-refractivity contribution in [3.63, 3.8) is 0 Å². The van der Waals surface area contributed by atoms with Gasteiger partial charge in [0, 0.05) is 13.1 Å².